The normalized spacial score (nSPS) is 18.9. The minimum atomic E-state index is -0.522. The van der Waals surface area contributed by atoms with Crippen molar-refractivity contribution in [1.82, 2.24) is 10.2 Å². The fraction of sp³-hybridized carbons (Fsp3) is 0.688. The Morgan fingerprint density at radius 1 is 1.48 bits per heavy atom. The summed E-state index contributed by atoms with van der Waals surface area (Å²) < 4.78 is 5.33. The topological polar surface area (TPSA) is 41.6 Å². The molecule has 4 nitrogen and oxygen atoms in total. The monoisotopic (exact) mass is 310 g/mol. The van der Waals surface area contributed by atoms with E-state index in [9.17, 15) is 4.79 Å². The Balaban J connectivity index is 2.03. The van der Waals surface area contributed by atoms with Crippen molar-refractivity contribution in [3.8, 4) is 0 Å². The Morgan fingerprint density at radius 3 is 2.71 bits per heavy atom. The van der Waals surface area contributed by atoms with E-state index in [1.54, 1.807) is 11.3 Å². The third-order valence-corrected chi connectivity index (χ3v) is 5.11. The Bertz CT molecular complexity index is 437. The molecular formula is C16H26N2O2S. The molecule has 0 bridgehead atoms. The van der Waals surface area contributed by atoms with Crippen molar-refractivity contribution < 1.29 is 9.53 Å². The summed E-state index contributed by atoms with van der Waals surface area (Å²) in [5.74, 6) is -0.0926. The van der Waals surface area contributed by atoms with E-state index in [1.807, 2.05) is 13.0 Å². The van der Waals surface area contributed by atoms with Crippen LogP contribution in [0.3, 0.4) is 0 Å². The average Bonchev–Trinajstić information content (AvgIpc) is 2.99. The molecular weight excluding hydrogens is 284 g/mol. The number of thiophene rings is 1. The number of rotatable bonds is 6. The minimum Gasteiger partial charge on any atom is -0.465 e. The first-order valence-electron chi connectivity index (χ1n) is 7.76. The van der Waals surface area contributed by atoms with Crippen LogP contribution in [0.4, 0.5) is 0 Å². The predicted molar refractivity (Wildman–Crippen MR) is 86.5 cm³/mol. The smallest absolute Gasteiger partial charge is 0.326 e. The largest absolute Gasteiger partial charge is 0.465 e. The molecule has 1 aromatic rings. The maximum atomic E-state index is 12.5. The number of ether oxygens (including phenoxy) is 1. The SMILES string of the molecule is CCOC(=O)C1(NCc2cccs2)CCN(C(C)C)CC1. The number of carbonyl (C=O) groups is 1. The lowest BCUT2D eigenvalue weighted by atomic mass is 9.86. The van der Waals surface area contributed by atoms with E-state index < -0.39 is 5.54 Å². The van der Waals surface area contributed by atoms with Gasteiger partial charge in [-0.2, -0.15) is 0 Å². The van der Waals surface area contributed by atoms with E-state index in [1.165, 1.54) is 4.88 Å². The van der Waals surface area contributed by atoms with Gasteiger partial charge in [0.1, 0.15) is 5.54 Å². The standard InChI is InChI=1S/C16H26N2O2S/c1-4-20-15(19)16(17-12-14-6-5-11-21-14)7-9-18(10-8-16)13(2)3/h5-6,11,13,17H,4,7-10,12H2,1-3H3. The van der Waals surface area contributed by atoms with Gasteiger partial charge < -0.3 is 9.64 Å². The molecule has 0 atom stereocenters. The van der Waals surface area contributed by atoms with E-state index in [-0.39, 0.29) is 5.97 Å². The highest BCUT2D eigenvalue weighted by atomic mass is 32.1. The molecule has 0 aromatic carbocycles. The van der Waals surface area contributed by atoms with Crippen molar-refractivity contribution in [2.45, 2.75) is 51.7 Å². The molecule has 0 saturated carbocycles. The minimum absolute atomic E-state index is 0.0926. The van der Waals surface area contributed by atoms with Gasteiger partial charge in [-0.1, -0.05) is 6.07 Å². The zero-order valence-electron chi connectivity index (χ0n) is 13.2. The Labute approximate surface area is 131 Å². The van der Waals surface area contributed by atoms with Gasteiger partial charge in [0.2, 0.25) is 0 Å². The van der Waals surface area contributed by atoms with Gasteiger partial charge in [0, 0.05) is 30.6 Å². The van der Waals surface area contributed by atoms with Crippen molar-refractivity contribution >= 4 is 17.3 Å². The third kappa shape index (κ3) is 4.05. The number of hydrogen-bond acceptors (Lipinski definition) is 5. The average molecular weight is 310 g/mol. The summed E-state index contributed by atoms with van der Waals surface area (Å²) in [6, 6.07) is 4.67. The van der Waals surface area contributed by atoms with Gasteiger partial charge in [0.05, 0.1) is 6.61 Å². The third-order valence-electron chi connectivity index (χ3n) is 4.23. The van der Waals surface area contributed by atoms with Crippen molar-refractivity contribution in [3.05, 3.63) is 22.4 Å². The second kappa shape index (κ2) is 7.38. The van der Waals surface area contributed by atoms with Crippen molar-refractivity contribution in [3.63, 3.8) is 0 Å². The number of piperidine rings is 1. The zero-order chi connectivity index (χ0) is 15.3. The number of likely N-dealkylation sites (tertiary alicyclic amines) is 1. The van der Waals surface area contributed by atoms with Crippen LogP contribution in [0.5, 0.6) is 0 Å². The van der Waals surface area contributed by atoms with Gasteiger partial charge in [-0.15, -0.1) is 11.3 Å². The van der Waals surface area contributed by atoms with Crippen LogP contribution >= 0.6 is 11.3 Å². The maximum Gasteiger partial charge on any atom is 0.326 e. The van der Waals surface area contributed by atoms with Crippen LogP contribution in [0, 0.1) is 0 Å². The number of carbonyl (C=O) groups excluding carboxylic acids is 1. The quantitative estimate of drug-likeness (QED) is 0.820. The molecule has 2 heterocycles. The van der Waals surface area contributed by atoms with E-state index >= 15 is 0 Å². The highest BCUT2D eigenvalue weighted by Crippen LogP contribution is 2.26. The lowest BCUT2D eigenvalue weighted by Crippen LogP contribution is -2.59. The Morgan fingerprint density at radius 2 is 2.19 bits per heavy atom. The van der Waals surface area contributed by atoms with Crippen LogP contribution in [-0.4, -0.2) is 42.1 Å². The van der Waals surface area contributed by atoms with Gasteiger partial charge in [0.15, 0.2) is 0 Å². The fourth-order valence-electron chi connectivity index (χ4n) is 2.81. The molecule has 1 aliphatic rings. The lowest BCUT2D eigenvalue weighted by molar-refractivity contribution is -0.153. The van der Waals surface area contributed by atoms with Crippen LogP contribution in [0.2, 0.25) is 0 Å². The maximum absolute atomic E-state index is 12.5. The van der Waals surface area contributed by atoms with Gasteiger partial charge >= 0.3 is 5.97 Å². The molecule has 0 unspecified atom stereocenters. The molecule has 21 heavy (non-hydrogen) atoms. The molecule has 1 saturated heterocycles. The van der Waals surface area contributed by atoms with Crippen LogP contribution in [0.25, 0.3) is 0 Å². The number of esters is 1. The molecule has 0 radical (unpaired) electrons. The summed E-state index contributed by atoms with van der Waals surface area (Å²) >= 11 is 1.72. The van der Waals surface area contributed by atoms with E-state index in [0.717, 1.165) is 32.5 Å². The van der Waals surface area contributed by atoms with E-state index in [0.29, 0.717) is 12.6 Å². The Kier molecular flexibility index (Phi) is 5.79. The molecule has 1 aliphatic heterocycles. The molecule has 2 rings (SSSR count). The van der Waals surface area contributed by atoms with Crippen LogP contribution in [0.15, 0.2) is 17.5 Å². The second-order valence-electron chi connectivity index (χ2n) is 5.87. The highest BCUT2D eigenvalue weighted by Gasteiger charge is 2.42. The van der Waals surface area contributed by atoms with Crippen molar-refractivity contribution in [2.75, 3.05) is 19.7 Å². The first kappa shape index (κ1) is 16.5. The van der Waals surface area contributed by atoms with Crippen LogP contribution in [0.1, 0.15) is 38.5 Å². The summed E-state index contributed by atoms with van der Waals surface area (Å²) in [6.45, 7) is 9.33. The van der Waals surface area contributed by atoms with E-state index in [2.05, 4.69) is 35.5 Å². The number of nitrogens with one attached hydrogen (secondary N) is 1. The Hall–Kier alpha value is -0.910. The van der Waals surface area contributed by atoms with Crippen LogP contribution < -0.4 is 5.32 Å². The summed E-state index contributed by atoms with van der Waals surface area (Å²) in [5.41, 5.74) is -0.522. The lowest BCUT2D eigenvalue weighted by Gasteiger charge is -2.42. The predicted octanol–water partition coefficient (Wildman–Crippen LogP) is 2.64. The molecule has 0 spiro atoms. The second-order valence-corrected chi connectivity index (χ2v) is 6.90. The highest BCUT2D eigenvalue weighted by molar-refractivity contribution is 7.09. The molecule has 0 aliphatic carbocycles. The summed E-state index contributed by atoms with van der Waals surface area (Å²) in [7, 11) is 0. The molecule has 0 amide bonds. The van der Waals surface area contributed by atoms with E-state index in [4.69, 9.17) is 4.74 Å². The summed E-state index contributed by atoms with van der Waals surface area (Å²) in [4.78, 5) is 16.1. The summed E-state index contributed by atoms with van der Waals surface area (Å²) in [6.07, 6.45) is 1.63. The number of nitrogens with zero attached hydrogens (tertiary/aromatic N) is 1. The van der Waals surface area contributed by atoms with Gasteiger partial charge in [0.25, 0.3) is 0 Å². The van der Waals surface area contributed by atoms with Gasteiger partial charge in [-0.25, -0.2) is 0 Å². The van der Waals surface area contributed by atoms with Crippen molar-refractivity contribution in [1.29, 1.82) is 0 Å². The molecule has 118 valence electrons. The fourth-order valence-corrected chi connectivity index (χ4v) is 3.46. The van der Waals surface area contributed by atoms with Crippen LogP contribution in [-0.2, 0) is 16.1 Å². The zero-order valence-corrected chi connectivity index (χ0v) is 14.0. The first-order chi connectivity index (χ1) is 10.1. The summed E-state index contributed by atoms with van der Waals surface area (Å²) in [5, 5.41) is 5.56. The molecule has 1 N–H and O–H groups in total. The number of hydrogen-bond donors (Lipinski definition) is 1. The van der Waals surface area contributed by atoms with Gasteiger partial charge in [-0.3, -0.25) is 10.1 Å². The van der Waals surface area contributed by atoms with Gasteiger partial charge in [-0.05, 0) is 45.1 Å². The molecule has 1 fully saturated rings. The first-order valence-corrected chi connectivity index (χ1v) is 8.64. The van der Waals surface area contributed by atoms with Crippen molar-refractivity contribution in [2.24, 2.45) is 0 Å². The molecule has 1 aromatic heterocycles. The molecule has 5 heteroatoms.